The zero-order valence-electron chi connectivity index (χ0n) is 10.7. The molecule has 1 rings (SSSR count). The Morgan fingerprint density at radius 2 is 2.12 bits per heavy atom. The molecular formula is C12H25NO4. The minimum absolute atomic E-state index is 0.254. The molecule has 1 unspecified atom stereocenters. The molecule has 0 amide bonds. The molecule has 5 heteroatoms. The zero-order valence-corrected chi connectivity index (χ0v) is 10.7. The fraction of sp³-hybridized carbons (Fsp3) is 1.00. The quantitative estimate of drug-likeness (QED) is 0.440. The molecule has 0 aromatic rings. The molecule has 0 radical (unpaired) electrons. The normalized spacial score (nSPS) is 19.2. The van der Waals surface area contributed by atoms with Crippen LogP contribution in [0.15, 0.2) is 0 Å². The predicted molar refractivity (Wildman–Crippen MR) is 64.9 cm³/mol. The Morgan fingerprint density at radius 1 is 1.35 bits per heavy atom. The largest absolute Gasteiger partial charge is 0.396 e. The molecule has 5 nitrogen and oxygen atoms in total. The van der Waals surface area contributed by atoms with Gasteiger partial charge in [0, 0.05) is 26.8 Å². The van der Waals surface area contributed by atoms with Gasteiger partial charge in [-0.15, -0.1) is 0 Å². The van der Waals surface area contributed by atoms with Crippen LogP contribution in [-0.4, -0.2) is 62.9 Å². The third-order valence-corrected chi connectivity index (χ3v) is 3.22. The molecular weight excluding hydrogens is 222 g/mol. The van der Waals surface area contributed by atoms with Crippen molar-refractivity contribution in [2.45, 2.75) is 25.4 Å². The molecule has 0 aliphatic heterocycles. The Hall–Kier alpha value is -0.200. The van der Waals surface area contributed by atoms with Crippen molar-refractivity contribution in [3.63, 3.8) is 0 Å². The standard InChI is InChI=1S/C12H25NO4/c1-16-6-7-17-9-11(15)8-13-10-12(2-3-12)4-5-14/h11,13-15H,2-10H2,1H3. The minimum Gasteiger partial charge on any atom is -0.396 e. The summed E-state index contributed by atoms with van der Waals surface area (Å²) in [5.41, 5.74) is 0.297. The highest BCUT2D eigenvalue weighted by Crippen LogP contribution is 2.47. The van der Waals surface area contributed by atoms with E-state index in [0.717, 1.165) is 13.0 Å². The molecule has 1 atom stereocenters. The van der Waals surface area contributed by atoms with E-state index >= 15 is 0 Å². The van der Waals surface area contributed by atoms with E-state index in [-0.39, 0.29) is 6.61 Å². The van der Waals surface area contributed by atoms with E-state index in [1.54, 1.807) is 7.11 Å². The fourth-order valence-corrected chi connectivity index (χ4v) is 1.85. The molecule has 17 heavy (non-hydrogen) atoms. The molecule has 102 valence electrons. The summed E-state index contributed by atoms with van der Waals surface area (Å²) in [6, 6.07) is 0. The summed E-state index contributed by atoms with van der Waals surface area (Å²) in [7, 11) is 1.62. The summed E-state index contributed by atoms with van der Waals surface area (Å²) in [5.74, 6) is 0. The van der Waals surface area contributed by atoms with Crippen molar-refractivity contribution in [2.75, 3.05) is 46.6 Å². The van der Waals surface area contributed by atoms with Crippen molar-refractivity contribution in [3.8, 4) is 0 Å². The summed E-state index contributed by atoms with van der Waals surface area (Å²) < 4.78 is 10.1. The first-order chi connectivity index (χ1) is 8.22. The number of hydrogen-bond acceptors (Lipinski definition) is 5. The van der Waals surface area contributed by atoms with Gasteiger partial charge in [0.05, 0.1) is 25.9 Å². The van der Waals surface area contributed by atoms with Crippen molar-refractivity contribution < 1.29 is 19.7 Å². The second-order valence-corrected chi connectivity index (χ2v) is 4.83. The fourth-order valence-electron chi connectivity index (χ4n) is 1.85. The van der Waals surface area contributed by atoms with Gasteiger partial charge in [-0.25, -0.2) is 0 Å². The number of aliphatic hydroxyl groups is 2. The van der Waals surface area contributed by atoms with E-state index in [0.29, 0.717) is 31.8 Å². The van der Waals surface area contributed by atoms with Crippen molar-refractivity contribution in [3.05, 3.63) is 0 Å². The lowest BCUT2D eigenvalue weighted by molar-refractivity contribution is 0.0134. The Kier molecular flexibility index (Phi) is 6.99. The van der Waals surface area contributed by atoms with Crippen LogP contribution < -0.4 is 5.32 Å². The summed E-state index contributed by atoms with van der Waals surface area (Å²) in [6.45, 7) is 3.08. The maximum atomic E-state index is 9.62. The molecule has 0 aromatic heterocycles. The number of ether oxygens (including phenoxy) is 2. The van der Waals surface area contributed by atoms with E-state index in [2.05, 4.69) is 5.32 Å². The van der Waals surface area contributed by atoms with Gasteiger partial charge in [0.2, 0.25) is 0 Å². The summed E-state index contributed by atoms with van der Waals surface area (Å²) in [5, 5.41) is 21.8. The third kappa shape index (κ3) is 6.33. The highest BCUT2D eigenvalue weighted by Gasteiger charge is 2.41. The Balaban J connectivity index is 1.95. The first-order valence-corrected chi connectivity index (χ1v) is 6.29. The number of nitrogens with one attached hydrogen (secondary N) is 1. The SMILES string of the molecule is COCCOCC(O)CNCC1(CCO)CC1. The van der Waals surface area contributed by atoms with Gasteiger partial charge in [-0.3, -0.25) is 0 Å². The number of hydrogen-bond donors (Lipinski definition) is 3. The van der Waals surface area contributed by atoms with Gasteiger partial charge < -0.3 is 25.0 Å². The topological polar surface area (TPSA) is 71.0 Å². The average molecular weight is 247 g/mol. The van der Waals surface area contributed by atoms with Crippen LogP contribution in [0.5, 0.6) is 0 Å². The van der Waals surface area contributed by atoms with E-state index in [1.165, 1.54) is 12.8 Å². The van der Waals surface area contributed by atoms with E-state index in [1.807, 2.05) is 0 Å². The molecule has 1 aliphatic carbocycles. The molecule has 0 bridgehead atoms. The van der Waals surface area contributed by atoms with Gasteiger partial charge in [0.25, 0.3) is 0 Å². The smallest absolute Gasteiger partial charge is 0.0897 e. The van der Waals surface area contributed by atoms with Crippen LogP contribution in [0.2, 0.25) is 0 Å². The maximum absolute atomic E-state index is 9.62. The van der Waals surface area contributed by atoms with Crippen molar-refractivity contribution in [1.82, 2.24) is 5.32 Å². The summed E-state index contributed by atoms with van der Waals surface area (Å²) >= 11 is 0. The van der Waals surface area contributed by atoms with Gasteiger partial charge >= 0.3 is 0 Å². The Bertz CT molecular complexity index is 197. The molecule has 0 saturated heterocycles. The van der Waals surface area contributed by atoms with Crippen LogP contribution in [0, 0.1) is 5.41 Å². The molecule has 3 N–H and O–H groups in total. The van der Waals surface area contributed by atoms with E-state index in [9.17, 15) is 5.11 Å². The van der Waals surface area contributed by atoms with Gasteiger partial charge in [-0.1, -0.05) is 0 Å². The highest BCUT2D eigenvalue weighted by atomic mass is 16.5. The molecule has 0 spiro atoms. The van der Waals surface area contributed by atoms with Crippen LogP contribution in [0.3, 0.4) is 0 Å². The molecule has 1 fully saturated rings. The summed E-state index contributed by atoms with van der Waals surface area (Å²) in [4.78, 5) is 0. The lowest BCUT2D eigenvalue weighted by atomic mass is 10.0. The molecule has 1 aliphatic rings. The van der Waals surface area contributed by atoms with Gasteiger partial charge in [0.1, 0.15) is 0 Å². The first kappa shape index (κ1) is 14.9. The van der Waals surface area contributed by atoms with Gasteiger partial charge in [0.15, 0.2) is 0 Å². The van der Waals surface area contributed by atoms with Crippen molar-refractivity contribution in [2.24, 2.45) is 5.41 Å². The molecule has 1 saturated carbocycles. The predicted octanol–water partition coefficient (Wildman–Crippen LogP) is -0.237. The maximum Gasteiger partial charge on any atom is 0.0897 e. The van der Waals surface area contributed by atoms with Crippen molar-refractivity contribution in [1.29, 1.82) is 0 Å². The molecule has 0 heterocycles. The van der Waals surface area contributed by atoms with E-state index < -0.39 is 6.10 Å². The summed E-state index contributed by atoms with van der Waals surface area (Å²) in [6.07, 6.45) is 2.75. The Labute approximate surface area is 103 Å². The lowest BCUT2D eigenvalue weighted by Crippen LogP contribution is -2.34. The minimum atomic E-state index is -0.475. The number of rotatable bonds is 11. The van der Waals surface area contributed by atoms with Gasteiger partial charge in [-0.2, -0.15) is 0 Å². The monoisotopic (exact) mass is 247 g/mol. The van der Waals surface area contributed by atoms with E-state index in [4.69, 9.17) is 14.6 Å². The second-order valence-electron chi connectivity index (χ2n) is 4.83. The second kappa shape index (κ2) is 8.00. The van der Waals surface area contributed by atoms with Crippen LogP contribution in [0.25, 0.3) is 0 Å². The third-order valence-electron chi connectivity index (χ3n) is 3.22. The van der Waals surface area contributed by atoms with Gasteiger partial charge in [-0.05, 0) is 24.7 Å². The number of aliphatic hydroxyl groups excluding tert-OH is 2. The highest BCUT2D eigenvalue weighted by molar-refractivity contribution is 4.94. The van der Waals surface area contributed by atoms with Crippen LogP contribution >= 0.6 is 0 Å². The number of methoxy groups -OCH3 is 1. The van der Waals surface area contributed by atoms with Crippen molar-refractivity contribution >= 4 is 0 Å². The van der Waals surface area contributed by atoms with Crippen LogP contribution in [0.4, 0.5) is 0 Å². The van der Waals surface area contributed by atoms with Crippen LogP contribution in [-0.2, 0) is 9.47 Å². The zero-order chi connectivity index (χ0) is 12.6. The lowest BCUT2D eigenvalue weighted by Gasteiger charge is -2.17. The van der Waals surface area contributed by atoms with Crippen LogP contribution in [0.1, 0.15) is 19.3 Å². The first-order valence-electron chi connectivity index (χ1n) is 6.29. The Morgan fingerprint density at radius 3 is 2.71 bits per heavy atom. The average Bonchev–Trinajstić information content (AvgIpc) is 3.05. The molecule has 0 aromatic carbocycles.